The van der Waals surface area contributed by atoms with Crippen LogP contribution in [-0.4, -0.2) is 16.2 Å². The number of carboxylic acids is 1. The molecule has 0 fully saturated rings. The van der Waals surface area contributed by atoms with Crippen molar-refractivity contribution in [2.75, 3.05) is 0 Å². The molecule has 0 spiro atoms. The Morgan fingerprint density at radius 2 is 2.20 bits per heavy atom. The minimum absolute atomic E-state index is 0.0951. The van der Waals surface area contributed by atoms with Crippen molar-refractivity contribution in [2.24, 2.45) is 0 Å². The molecule has 1 aromatic carbocycles. The van der Waals surface area contributed by atoms with E-state index < -0.39 is 12.1 Å². The van der Waals surface area contributed by atoms with Gasteiger partial charge in [0.2, 0.25) is 0 Å². The van der Waals surface area contributed by atoms with Crippen LogP contribution in [0.4, 0.5) is 4.39 Å². The predicted octanol–water partition coefficient (Wildman–Crippen LogP) is 2.03. The second-order valence-corrected chi connectivity index (χ2v) is 3.46. The monoisotopic (exact) mass is 212 g/mol. The molecule has 15 heavy (non-hydrogen) atoms. The third kappa shape index (κ3) is 3.32. The molecule has 0 aliphatic rings. The molecule has 4 heteroatoms. The standard InChI is InChI=1S/C11H13FO3/c1-7-2-3-8(6-9(7)12)10(13)4-5-11(14)15/h2-3,6,10,13H,4-5H2,1H3,(H,14,15). The van der Waals surface area contributed by atoms with Gasteiger partial charge in [0.1, 0.15) is 5.82 Å². The van der Waals surface area contributed by atoms with E-state index in [0.29, 0.717) is 11.1 Å². The maximum atomic E-state index is 13.1. The summed E-state index contributed by atoms with van der Waals surface area (Å²) in [5.41, 5.74) is 0.920. The van der Waals surface area contributed by atoms with E-state index in [-0.39, 0.29) is 18.7 Å². The molecule has 0 amide bonds. The van der Waals surface area contributed by atoms with Gasteiger partial charge in [-0.25, -0.2) is 4.39 Å². The lowest BCUT2D eigenvalue weighted by atomic mass is 10.0. The Balaban J connectivity index is 2.69. The summed E-state index contributed by atoms with van der Waals surface area (Å²) >= 11 is 0. The first-order valence-corrected chi connectivity index (χ1v) is 4.66. The summed E-state index contributed by atoms with van der Waals surface area (Å²) < 4.78 is 13.1. The van der Waals surface area contributed by atoms with Crippen LogP contribution in [0.3, 0.4) is 0 Å². The lowest BCUT2D eigenvalue weighted by Gasteiger charge is -2.10. The first-order valence-electron chi connectivity index (χ1n) is 4.66. The molecule has 0 aliphatic carbocycles. The van der Waals surface area contributed by atoms with Gasteiger partial charge in [0.05, 0.1) is 6.10 Å². The van der Waals surface area contributed by atoms with Gasteiger partial charge < -0.3 is 10.2 Å². The molecule has 1 unspecified atom stereocenters. The first kappa shape index (κ1) is 11.7. The number of aliphatic hydroxyl groups excluding tert-OH is 1. The number of carbonyl (C=O) groups is 1. The Labute approximate surface area is 87.2 Å². The van der Waals surface area contributed by atoms with Crippen LogP contribution in [0.2, 0.25) is 0 Å². The molecule has 3 nitrogen and oxygen atoms in total. The minimum atomic E-state index is -0.971. The van der Waals surface area contributed by atoms with Gasteiger partial charge in [0.25, 0.3) is 0 Å². The number of aliphatic carboxylic acids is 1. The highest BCUT2D eigenvalue weighted by atomic mass is 19.1. The summed E-state index contributed by atoms with van der Waals surface area (Å²) in [6.45, 7) is 1.63. The highest BCUT2D eigenvalue weighted by Crippen LogP contribution is 2.20. The SMILES string of the molecule is Cc1ccc(C(O)CCC(=O)O)cc1F. The van der Waals surface area contributed by atoms with Gasteiger partial charge >= 0.3 is 5.97 Å². The largest absolute Gasteiger partial charge is 0.481 e. The van der Waals surface area contributed by atoms with Gasteiger partial charge in [-0.3, -0.25) is 4.79 Å². The smallest absolute Gasteiger partial charge is 0.303 e. The fourth-order valence-electron chi connectivity index (χ4n) is 1.24. The van der Waals surface area contributed by atoms with Crippen molar-refractivity contribution in [2.45, 2.75) is 25.9 Å². The van der Waals surface area contributed by atoms with Crippen molar-refractivity contribution in [1.82, 2.24) is 0 Å². The van der Waals surface area contributed by atoms with E-state index in [1.54, 1.807) is 19.1 Å². The predicted molar refractivity (Wildman–Crippen MR) is 53.0 cm³/mol. The van der Waals surface area contributed by atoms with Gasteiger partial charge in [-0.05, 0) is 30.5 Å². The maximum absolute atomic E-state index is 13.1. The molecule has 0 heterocycles. The Morgan fingerprint density at radius 3 is 2.73 bits per heavy atom. The molecule has 2 N–H and O–H groups in total. The average Bonchev–Trinajstić information content (AvgIpc) is 2.18. The topological polar surface area (TPSA) is 57.5 Å². The van der Waals surface area contributed by atoms with E-state index >= 15 is 0 Å². The molecule has 0 radical (unpaired) electrons. The maximum Gasteiger partial charge on any atom is 0.303 e. The van der Waals surface area contributed by atoms with Crippen molar-refractivity contribution in [3.63, 3.8) is 0 Å². The first-order chi connectivity index (χ1) is 7.00. The Morgan fingerprint density at radius 1 is 1.53 bits per heavy atom. The molecule has 82 valence electrons. The third-order valence-corrected chi connectivity index (χ3v) is 2.21. The number of hydrogen-bond donors (Lipinski definition) is 2. The van der Waals surface area contributed by atoms with E-state index in [9.17, 15) is 14.3 Å². The Kier molecular flexibility index (Phi) is 3.80. The number of halogens is 1. The normalized spacial score (nSPS) is 12.5. The van der Waals surface area contributed by atoms with E-state index in [2.05, 4.69) is 0 Å². The van der Waals surface area contributed by atoms with Gasteiger partial charge in [0, 0.05) is 6.42 Å². The molecular formula is C11H13FO3. The summed E-state index contributed by atoms with van der Waals surface area (Å²) in [5.74, 6) is -1.36. The van der Waals surface area contributed by atoms with Crippen LogP contribution >= 0.6 is 0 Å². The van der Waals surface area contributed by atoms with Crippen LogP contribution in [0.5, 0.6) is 0 Å². The second kappa shape index (κ2) is 4.89. The van der Waals surface area contributed by atoms with Crippen LogP contribution in [0, 0.1) is 12.7 Å². The molecular weight excluding hydrogens is 199 g/mol. The van der Waals surface area contributed by atoms with E-state index in [4.69, 9.17) is 5.11 Å². The molecule has 1 aromatic rings. The molecule has 1 atom stereocenters. The molecule has 0 aliphatic heterocycles. The number of rotatable bonds is 4. The van der Waals surface area contributed by atoms with Crippen LogP contribution in [0.25, 0.3) is 0 Å². The third-order valence-electron chi connectivity index (χ3n) is 2.21. The summed E-state index contributed by atoms with van der Waals surface area (Å²) in [4.78, 5) is 10.3. The highest BCUT2D eigenvalue weighted by molar-refractivity contribution is 5.66. The summed E-state index contributed by atoms with van der Waals surface area (Å²) in [6.07, 6.45) is -0.953. The average molecular weight is 212 g/mol. The van der Waals surface area contributed by atoms with Crippen molar-refractivity contribution < 1.29 is 19.4 Å². The zero-order valence-corrected chi connectivity index (χ0v) is 8.40. The number of benzene rings is 1. The number of aliphatic hydroxyl groups is 1. The van der Waals surface area contributed by atoms with Gasteiger partial charge in [-0.1, -0.05) is 12.1 Å². The molecule has 0 saturated heterocycles. The van der Waals surface area contributed by atoms with Crippen molar-refractivity contribution >= 4 is 5.97 Å². The number of hydrogen-bond acceptors (Lipinski definition) is 2. The summed E-state index contributed by atoms with van der Waals surface area (Å²) in [5, 5.41) is 18.0. The fourth-order valence-corrected chi connectivity index (χ4v) is 1.24. The van der Waals surface area contributed by atoms with Gasteiger partial charge in [-0.2, -0.15) is 0 Å². The molecule has 1 rings (SSSR count). The minimum Gasteiger partial charge on any atom is -0.481 e. The van der Waals surface area contributed by atoms with Gasteiger partial charge in [0.15, 0.2) is 0 Å². The fraction of sp³-hybridized carbons (Fsp3) is 0.364. The van der Waals surface area contributed by atoms with Crippen molar-refractivity contribution in [3.8, 4) is 0 Å². The second-order valence-electron chi connectivity index (χ2n) is 3.46. The van der Waals surface area contributed by atoms with Crippen molar-refractivity contribution in [3.05, 3.63) is 35.1 Å². The van der Waals surface area contributed by atoms with E-state index in [1.807, 2.05) is 0 Å². The Hall–Kier alpha value is -1.42. The zero-order valence-electron chi connectivity index (χ0n) is 8.40. The van der Waals surface area contributed by atoms with Crippen LogP contribution in [0.1, 0.15) is 30.1 Å². The Bertz CT molecular complexity index is 363. The van der Waals surface area contributed by atoms with E-state index in [1.165, 1.54) is 6.07 Å². The summed E-state index contributed by atoms with van der Waals surface area (Å²) in [7, 11) is 0. The van der Waals surface area contributed by atoms with Crippen molar-refractivity contribution in [1.29, 1.82) is 0 Å². The zero-order chi connectivity index (χ0) is 11.4. The van der Waals surface area contributed by atoms with E-state index in [0.717, 1.165) is 0 Å². The van der Waals surface area contributed by atoms with Crippen LogP contribution < -0.4 is 0 Å². The molecule has 0 saturated carbocycles. The lowest BCUT2D eigenvalue weighted by Crippen LogP contribution is -2.03. The quantitative estimate of drug-likeness (QED) is 0.802. The van der Waals surface area contributed by atoms with Crippen LogP contribution in [0.15, 0.2) is 18.2 Å². The molecule has 0 aromatic heterocycles. The van der Waals surface area contributed by atoms with Gasteiger partial charge in [-0.15, -0.1) is 0 Å². The lowest BCUT2D eigenvalue weighted by molar-refractivity contribution is -0.137. The highest BCUT2D eigenvalue weighted by Gasteiger charge is 2.11. The molecule has 0 bridgehead atoms. The number of aryl methyl sites for hydroxylation is 1. The van der Waals surface area contributed by atoms with Crippen LogP contribution in [-0.2, 0) is 4.79 Å². The summed E-state index contributed by atoms with van der Waals surface area (Å²) in [6, 6.07) is 4.40. The number of carboxylic acid groups (broad SMARTS) is 1.